The molecule has 19 heavy (non-hydrogen) atoms. The minimum atomic E-state index is 0.130. The molecule has 5 nitrogen and oxygen atoms in total. The summed E-state index contributed by atoms with van der Waals surface area (Å²) in [5.41, 5.74) is 0. The molecule has 3 aliphatic rings. The maximum absolute atomic E-state index is 11.7. The summed E-state index contributed by atoms with van der Waals surface area (Å²) in [5.74, 6) is 2.38. The highest BCUT2D eigenvalue weighted by Gasteiger charge is 2.36. The number of nitrogens with zero attached hydrogens (tertiary/aromatic N) is 3. The van der Waals surface area contributed by atoms with Crippen molar-refractivity contribution in [3.8, 4) is 0 Å². The van der Waals surface area contributed by atoms with Crippen LogP contribution in [0.3, 0.4) is 0 Å². The number of aromatic nitrogens is 3. The van der Waals surface area contributed by atoms with Crippen LogP contribution in [0.15, 0.2) is 5.16 Å². The molecule has 3 fully saturated rings. The van der Waals surface area contributed by atoms with Crippen LogP contribution in [0, 0.1) is 0 Å². The van der Waals surface area contributed by atoms with Gasteiger partial charge in [0.2, 0.25) is 5.91 Å². The van der Waals surface area contributed by atoms with Gasteiger partial charge in [-0.2, -0.15) is 0 Å². The summed E-state index contributed by atoms with van der Waals surface area (Å²) in [6, 6.07) is 1.04. The van der Waals surface area contributed by atoms with E-state index in [1.165, 1.54) is 37.4 Å². The number of hydrogen-bond acceptors (Lipinski definition) is 4. The molecule has 102 valence electrons. The third-order valence-electron chi connectivity index (χ3n) is 3.82. The van der Waals surface area contributed by atoms with Gasteiger partial charge in [-0.3, -0.25) is 4.79 Å². The molecule has 1 N–H and O–H groups in total. The van der Waals surface area contributed by atoms with Gasteiger partial charge >= 0.3 is 0 Å². The molecule has 3 aliphatic carbocycles. The smallest absolute Gasteiger partial charge is 0.230 e. The van der Waals surface area contributed by atoms with Crippen molar-refractivity contribution in [2.45, 2.75) is 61.7 Å². The third kappa shape index (κ3) is 2.63. The predicted molar refractivity (Wildman–Crippen MR) is 72.2 cm³/mol. The molecule has 1 amide bonds. The number of carbonyl (C=O) groups excluding carboxylic acids is 1. The molecule has 1 heterocycles. The van der Waals surface area contributed by atoms with Crippen LogP contribution in [-0.4, -0.2) is 32.5 Å². The molecule has 0 spiro atoms. The molecule has 0 unspecified atom stereocenters. The van der Waals surface area contributed by atoms with Gasteiger partial charge in [-0.05, 0) is 38.5 Å². The van der Waals surface area contributed by atoms with Crippen LogP contribution < -0.4 is 5.32 Å². The minimum Gasteiger partial charge on any atom is -0.353 e. The fourth-order valence-corrected chi connectivity index (χ4v) is 3.13. The van der Waals surface area contributed by atoms with Gasteiger partial charge in [-0.1, -0.05) is 11.8 Å². The summed E-state index contributed by atoms with van der Waals surface area (Å²) >= 11 is 1.54. The Morgan fingerprint density at radius 3 is 2.63 bits per heavy atom. The van der Waals surface area contributed by atoms with Crippen LogP contribution in [0.2, 0.25) is 0 Å². The summed E-state index contributed by atoms with van der Waals surface area (Å²) < 4.78 is 2.30. The maximum atomic E-state index is 11.7. The van der Waals surface area contributed by atoms with Crippen molar-refractivity contribution in [1.82, 2.24) is 20.1 Å². The Hall–Kier alpha value is -1.04. The molecular weight excluding hydrogens is 260 g/mol. The SMILES string of the molecule is O=C(CSc1nnc(C2CC2)n1C1CC1)NC1CC1. The summed E-state index contributed by atoms with van der Waals surface area (Å²) in [6.07, 6.45) is 7.25. The van der Waals surface area contributed by atoms with E-state index in [9.17, 15) is 4.79 Å². The van der Waals surface area contributed by atoms with E-state index < -0.39 is 0 Å². The molecule has 6 heteroatoms. The molecule has 0 saturated heterocycles. The van der Waals surface area contributed by atoms with Crippen molar-refractivity contribution in [3.05, 3.63) is 5.82 Å². The number of rotatable bonds is 6. The van der Waals surface area contributed by atoms with E-state index in [0.717, 1.165) is 23.8 Å². The molecule has 0 aliphatic heterocycles. The van der Waals surface area contributed by atoms with Crippen molar-refractivity contribution in [2.75, 3.05) is 5.75 Å². The second-order valence-corrected chi connectivity index (χ2v) is 6.79. The van der Waals surface area contributed by atoms with Gasteiger partial charge in [0.05, 0.1) is 5.75 Å². The fraction of sp³-hybridized carbons (Fsp3) is 0.769. The summed E-state index contributed by atoms with van der Waals surface area (Å²) in [5, 5.41) is 12.6. The third-order valence-corrected chi connectivity index (χ3v) is 4.76. The summed E-state index contributed by atoms with van der Waals surface area (Å²) in [7, 11) is 0. The van der Waals surface area contributed by atoms with E-state index >= 15 is 0 Å². The molecule has 0 radical (unpaired) electrons. The van der Waals surface area contributed by atoms with Crippen molar-refractivity contribution in [2.24, 2.45) is 0 Å². The average Bonchev–Trinajstić information content (AvgIpc) is 3.19. The van der Waals surface area contributed by atoms with Gasteiger partial charge in [-0.15, -0.1) is 10.2 Å². The summed E-state index contributed by atoms with van der Waals surface area (Å²) in [6.45, 7) is 0. The Morgan fingerprint density at radius 2 is 2.00 bits per heavy atom. The molecule has 0 aromatic carbocycles. The lowest BCUT2D eigenvalue weighted by atomic mass is 10.4. The lowest BCUT2D eigenvalue weighted by molar-refractivity contribution is -0.118. The Bertz CT molecular complexity index is 503. The van der Waals surface area contributed by atoms with Crippen molar-refractivity contribution in [3.63, 3.8) is 0 Å². The quantitative estimate of drug-likeness (QED) is 0.807. The largest absolute Gasteiger partial charge is 0.353 e. The Morgan fingerprint density at radius 1 is 1.21 bits per heavy atom. The molecule has 0 atom stereocenters. The number of thioether (sulfide) groups is 1. The molecule has 0 bridgehead atoms. The van der Waals surface area contributed by atoms with Crippen LogP contribution in [0.25, 0.3) is 0 Å². The minimum absolute atomic E-state index is 0.130. The topological polar surface area (TPSA) is 59.8 Å². The van der Waals surface area contributed by atoms with Crippen LogP contribution in [0.4, 0.5) is 0 Å². The van der Waals surface area contributed by atoms with E-state index in [1.807, 2.05) is 0 Å². The number of nitrogens with one attached hydrogen (secondary N) is 1. The van der Waals surface area contributed by atoms with E-state index in [-0.39, 0.29) is 5.91 Å². The first kappa shape index (κ1) is 11.8. The first-order valence-corrected chi connectivity index (χ1v) is 8.17. The second-order valence-electron chi connectivity index (χ2n) is 5.85. The van der Waals surface area contributed by atoms with Crippen LogP contribution >= 0.6 is 11.8 Å². The van der Waals surface area contributed by atoms with Crippen molar-refractivity contribution >= 4 is 17.7 Å². The van der Waals surface area contributed by atoms with Crippen LogP contribution in [0.5, 0.6) is 0 Å². The van der Waals surface area contributed by atoms with Gasteiger partial charge in [0.15, 0.2) is 5.16 Å². The predicted octanol–water partition coefficient (Wildman–Crippen LogP) is 1.86. The summed E-state index contributed by atoms with van der Waals surface area (Å²) in [4.78, 5) is 11.7. The highest BCUT2D eigenvalue weighted by molar-refractivity contribution is 7.99. The number of hydrogen-bond donors (Lipinski definition) is 1. The molecular formula is C13H18N4OS. The molecule has 4 rings (SSSR count). The standard InChI is InChI=1S/C13H18N4OS/c18-11(14-9-3-4-9)7-19-13-16-15-12(8-1-2-8)17(13)10-5-6-10/h8-10H,1-7H2,(H,14,18). The first-order chi connectivity index (χ1) is 9.31. The highest BCUT2D eigenvalue weighted by atomic mass is 32.2. The molecule has 3 saturated carbocycles. The van der Waals surface area contributed by atoms with Gasteiger partial charge < -0.3 is 9.88 Å². The van der Waals surface area contributed by atoms with Crippen LogP contribution in [-0.2, 0) is 4.79 Å². The van der Waals surface area contributed by atoms with E-state index in [2.05, 4.69) is 20.1 Å². The molecule has 1 aromatic rings. The molecule has 1 aromatic heterocycles. The van der Waals surface area contributed by atoms with E-state index in [1.54, 1.807) is 0 Å². The van der Waals surface area contributed by atoms with E-state index in [0.29, 0.717) is 23.8 Å². The van der Waals surface area contributed by atoms with Gasteiger partial charge in [0.1, 0.15) is 5.82 Å². The maximum Gasteiger partial charge on any atom is 0.230 e. The highest BCUT2D eigenvalue weighted by Crippen LogP contribution is 2.45. The second kappa shape index (κ2) is 4.51. The van der Waals surface area contributed by atoms with Gasteiger partial charge in [-0.25, -0.2) is 0 Å². The lowest BCUT2D eigenvalue weighted by Gasteiger charge is -2.08. The zero-order valence-electron chi connectivity index (χ0n) is 10.8. The van der Waals surface area contributed by atoms with Gasteiger partial charge in [0, 0.05) is 18.0 Å². The fourth-order valence-electron chi connectivity index (χ4n) is 2.31. The Labute approximate surface area is 116 Å². The number of amides is 1. The normalized spacial score (nSPS) is 22.5. The van der Waals surface area contributed by atoms with Crippen LogP contribution in [0.1, 0.15) is 56.3 Å². The zero-order chi connectivity index (χ0) is 12.8. The Balaban J connectivity index is 1.43. The van der Waals surface area contributed by atoms with Gasteiger partial charge in [0.25, 0.3) is 0 Å². The zero-order valence-corrected chi connectivity index (χ0v) is 11.7. The van der Waals surface area contributed by atoms with E-state index in [4.69, 9.17) is 0 Å². The van der Waals surface area contributed by atoms with Crippen molar-refractivity contribution in [1.29, 1.82) is 0 Å². The Kier molecular flexibility index (Phi) is 2.79. The van der Waals surface area contributed by atoms with Crippen molar-refractivity contribution < 1.29 is 4.79 Å². The lowest BCUT2D eigenvalue weighted by Crippen LogP contribution is -2.27. The monoisotopic (exact) mass is 278 g/mol. The first-order valence-electron chi connectivity index (χ1n) is 7.18. The number of carbonyl (C=O) groups is 1. The average molecular weight is 278 g/mol.